The van der Waals surface area contributed by atoms with Crippen LogP contribution in [0, 0.1) is 0 Å². The second-order valence-electron chi connectivity index (χ2n) is 3.35. The molecular formula is C10H14ClNO3S. The van der Waals surface area contributed by atoms with Crippen LogP contribution in [0.1, 0.15) is 6.92 Å². The minimum atomic E-state index is -3.92. The summed E-state index contributed by atoms with van der Waals surface area (Å²) in [6.07, 6.45) is 0. The molecule has 0 atom stereocenters. The van der Waals surface area contributed by atoms with E-state index >= 15 is 0 Å². The van der Waals surface area contributed by atoms with Crippen LogP contribution in [-0.2, 0) is 10.1 Å². The van der Waals surface area contributed by atoms with Gasteiger partial charge in [0.1, 0.15) is 0 Å². The molecule has 1 aromatic carbocycles. The quantitative estimate of drug-likeness (QED) is 0.826. The minimum Gasteiger partial charge on any atom is -0.371 e. The number of anilines is 1. The Morgan fingerprint density at radius 1 is 1.44 bits per heavy atom. The number of rotatable bonds is 5. The van der Waals surface area contributed by atoms with E-state index < -0.39 is 10.1 Å². The van der Waals surface area contributed by atoms with E-state index in [4.69, 9.17) is 16.2 Å². The van der Waals surface area contributed by atoms with Gasteiger partial charge in [0.15, 0.2) is 0 Å². The smallest absolute Gasteiger partial charge is 0.266 e. The van der Waals surface area contributed by atoms with Crippen LogP contribution in [-0.4, -0.2) is 31.8 Å². The van der Waals surface area contributed by atoms with Crippen molar-refractivity contribution < 1.29 is 13.0 Å². The van der Waals surface area contributed by atoms with Crippen molar-refractivity contribution in [3.63, 3.8) is 0 Å². The van der Waals surface area contributed by atoms with Crippen LogP contribution in [0.25, 0.3) is 0 Å². The summed E-state index contributed by atoms with van der Waals surface area (Å²) in [6, 6.07) is 7.16. The van der Waals surface area contributed by atoms with Crippen LogP contribution in [0.5, 0.6) is 0 Å². The van der Waals surface area contributed by atoms with E-state index in [2.05, 4.69) is 0 Å². The first kappa shape index (κ1) is 13.3. The predicted octanol–water partition coefficient (Wildman–Crippen LogP) is 2.05. The fourth-order valence-electron chi connectivity index (χ4n) is 1.37. The first-order valence-corrected chi connectivity index (χ1v) is 6.87. The zero-order valence-electron chi connectivity index (χ0n) is 8.93. The number of halogens is 1. The minimum absolute atomic E-state index is 0.246. The van der Waals surface area contributed by atoms with Gasteiger partial charge in [-0.15, -0.1) is 0 Å². The van der Waals surface area contributed by atoms with Gasteiger partial charge in [0.2, 0.25) is 0 Å². The molecule has 0 heterocycles. The maximum Gasteiger partial charge on any atom is 0.266 e. The molecule has 4 nitrogen and oxygen atoms in total. The monoisotopic (exact) mass is 263 g/mol. The molecule has 1 rings (SSSR count). The van der Waals surface area contributed by atoms with E-state index in [0.29, 0.717) is 11.6 Å². The van der Waals surface area contributed by atoms with Gasteiger partial charge in [-0.2, -0.15) is 8.42 Å². The molecule has 1 aromatic rings. The van der Waals surface area contributed by atoms with E-state index in [1.165, 1.54) is 0 Å². The maximum atomic E-state index is 10.7. The summed E-state index contributed by atoms with van der Waals surface area (Å²) in [7, 11) is -3.92. The van der Waals surface area contributed by atoms with Crippen molar-refractivity contribution in [2.75, 3.05) is 23.7 Å². The van der Waals surface area contributed by atoms with E-state index in [1.54, 1.807) is 18.2 Å². The summed E-state index contributed by atoms with van der Waals surface area (Å²) in [5, 5.41) is 0.600. The molecule has 0 bridgehead atoms. The van der Waals surface area contributed by atoms with E-state index in [0.717, 1.165) is 5.69 Å². The van der Waals surface area contributed by atoms with Crippen LogP contribution in [0.2, 0.25) is 5.02 Å². The summed E-state index contributed by atoms with van der Waals surface area (Å²) in [5.41, 5.74) is 0.846. The number of benzene rings is 1. The molecule has 0 fully saturated rings. The third-order valence-corrected chi connectivity index (χ3v) is 3.11. The molecule has 0 aliphatic carbocycles. The standard InChI is InChI=1S/C10H14ClNO3S/c1-2-12(6-7-16(13,14)15)10-5-3-4-9(11)8-10/h3-5,8H,2,6-7H2,1H3,(H,13,14,15). The first-order chi connectivity index (χ1) is 7.42. The second kappa shape index (κ2) is 5.52. The molecule has 6 heteroatoms. The average Bonchev–Trinajstić information content (AvgIpc) is 2.17. The van der Waals surface area contributed by atoms with Gasteiger partial charge in [0.25, 0.3) is 10.1 Å². The summed E-state index contributed by atoms with van der Waals surface area (Å²) >= 11 is 5.84. The Morgan fingerprint density at radius 2 is 2.12 bits per heavy atom. The Hall–Kier alpha value is -0.780. The molecule has 0 aliphatic rings. The fourth-order valence-corrected chi connectivity index (χ4v) is 2.00. The van der Waals surface area contributed by atoms with E-state index in [-0.39, 0.29) is 12.3 Å². The highest BCUT2D eigenvalue weighted by atomic mass is 35.5. The molecule has 0 spiro atoms. The van der Waals surface area contributed by atoms with Crippen LogP contribution < -0.4 is 4.90 Å². The third-order valence-electron chi connectivity index (χ3n) is 2.17. The highest BCUT2D eigenvalue weighted by Gasteiger charge is 2.10. The van der Waals surface area contributed by atoms with Crippen molar-refractivity contribution in [3.8, 4) is 0 Å². The highest BCUT2D eigenvalue weighted by molar-refractivity contribution is 7.85. The van der Waals surface area contributed by atoms with Gasteiger partial charge in [-0.1, -0.05) is 17.7 Å². The van der Waals surface area contributed by atoms with Gasteiger partial charge in [-0.25, -0.2) is 0 Å². The van der Waals surface area contributed by atoms with Crippen molar-refractivity contribution >= 4 is 27.4 Å². The molecule has 0 radical (unpaired) electrons. The lowest BCUT2D eigenvalue weighted by molar-refractivity contribution is 0.482. The van der Waals surface area contributed by atoms with Crippen LogP contribution >= 0.6 is 11.6 Å². The van der Waals surface area contributed by atoms with Gasteiger partial charge in [0, 0.05) is 23.8 Å². The highest BCUT2D eigenvalue weighted by Crippen LogP contribution is 2.19. The number of hydrogen-bond donors (Lipinski definition) is 1. The Morgan fingerprint density at radius 3 is 2.62 bits per heavy atom. The molecule has 1 N–H and O–H groups in total. The molecule has 90 valence electrons. The van der Waals surface area contributed by atoms with Crippen LogP contribution in [0.15, 0.2) is 24.3 Å². The van der Waals surface area contributed by atoms with Crippen molar-refractivity contribution in [2.45, 2.75) is 6.92 Å². The lowest BCUT2D eigenvalue weighted by atomic mass is 10.3. The summed E-state index contributed by atoms with van der Waals surface area (Å²) in [6.45, 7) is 2.80. The Labute approximate surface area is 101 Å². The summed E-state index contributed by atoms with van der Waals surface area (Å²) in [4.78, 5) is 1.83. The number of nitrogens with zero attached hydrogens (tertiary/aromatic N) is 1. The Kier molecular flexibility index (Phi) is 4.58. The predicted molar refractivity (Wildman–Crippen MR) is 65.8 cm³/mol. The molecule has 0 amide bonds. The summed E-state index contributed by atoms with van der Waals surface area (Å²) < 4.78 is 30.0. The van der Waals surface area contributed by atoms with Crippen LogP contribution in [0.4, 0.5) is 5.69 Å². The SMILES string of the molecule is CCN(CCS(=O)(=O)O)c1cccc(Cl)c1. The van der Waals surface area contributed by atoms with Gasteiger partial charge in [-0.05, 0) is 25.1 Å². The zero-order valence-corrected chi connectivity index (χ0v) is 10.5. The topological polar surface area (TPSA) is 57.6 Å². The lowest BCUT2D eigenvalue weighted by Crippen LogP contribution is -2.28. The second-order valence-corrected chi connectivity index (χ2v) is 5.35. The van der Waals surface area contributed by atoms with Gasteiger partial charge in [-0.3, -0.25) is 4.55 Å². The van der Waals surface area contributed by atoms with Crippen LogP contribution in [0.3, 0.4) is 0 Å². The van der Waals surface area contributed by atoms with Gasteiger partial charge >= 0.3 is 0 Å². The molecule has 0 saturated heterocycles. The van der Waals surface area contributed by atoms with E-state index in [9.17, 15) is 8.42 Å². The normalized spacial score (nSPS) is 11.4. The van der Waals surface area contributed by atoms with Crippen molar-refractivity contribution in [2.24, 2.45) is 0 Å². The van der Waals surface area contributed by atoms with Gasteiger partial charge < -0.3 is 4.90 Å². The first-order valence-electron chi connectivity index (χ1n) is 4.88. The molecule has 0 aromatic heterocycles. The molecule has 0 saturated carbocycles. The largest absolute Gasteiger partial charge is 0.371 e. The number of hydrogen-bond acceptors (Lipinski definition) is 3. The zero-order chi connectivity index (χ0) is 12.2. The molecular weight excluding hydrogens is 250 g/mol. The lowest BCUT2D eigenvalue weighted by Gasteiger charge is -2.22. The van der Waals surface area contributed by atoms with Crippen molar-refractivity contribution in [3.05, 3.63) is 29.3 Å². The van der Waals surface area contributed by atoms with Gasteiger partial charge in [0.05, 0.1) is 5.75 Å². The van der Waals surface area contributed by atoms with E-state index in [1.807, 2.05) is 17.9 Å². The molecule has 0 aliphatic heterocycles. The Balaban J connectivity index is 2.75. The van der Waals surface area contributed by atoms with Crippen molar-refractivity contribution in [1.29, 1.82) is 0 Å². The van der Waals surface area contributed by atoms with Crippen molar-refractivity contribution in [1.82, 2.24) is 0 Å². The Bertz CT molecular complexity index is 447. The maximum absolute atomic E-state index is 10.7. The third kappa shape index (κ3) is 4.38. The molecule has 0 unspecified atom stereocenters. The summed E-state index contributed by atoms with van der Waals surface area (Å²) in [5.74, 6) is -0.284. The fraction of sp³-hybridized carbons (Fsp3) is 0.400. The average molecular weight is 264 g/mol. The molecule has 16 heavy (non-hydrogen) atoms.